The molecule has 0 N–H and O–H groups in total. The first kappa shape index (κ1) is 14.9. The maximum absolute atomic E-state index is 11.8. The summed E-state index contributed by atoms with van der Waals surface area (Å²) in [5.74, 6) is 0. The number of halogens is 1. The lowest BCUT2D eigenvalue weighted by molar-refractivity contribution is -0.384. The van der Waals surface area contributed by atoms with Crippen molar-refractivity contribution in [1.29, 1.82) is 0 Å². The van der Waals surface area contributed by atoms with E-state index in [1.165, 1.54) is 31.3 Å². The quantitative estimate of drug-likeness (QED) is 0.486. The highest BCUT2D eigenvalue weighted by Crippen LogP contribution is 2.22. The van der Waals surface area contributed by atoms with E-state index < -0.39 is 15.7 Å². The van der Waals surface area contributed by atoms with Crippen molar-refractivity contribution in [3.05, 3.63) is 56.4 Å². The van der Waals surface area contributed by atoms with Gasteiger partial charge in [-0.25, -0.2) is 4.68 Å². The topological polar surface area (TPSA) is 95.1 Å². The van der Waals surface area contributed by atoms with E-state index >= 15 is 0 Å². The van der Waals surface area contributed by atoms with Crippen molar-refractivity contribution in [1.82, 2.24) is 9.78 Å². The second-order valence-electron chi connectivity index (χ2n) is 4.32. The molecule has 0 aliphatic heterocycles. The third-order valence-corrected chi connectivity index (χ3v) is 2.95. The third-order valence-electron chi connectivity index (χ3n) is 2.82. The number of nitro groups is 1. The van der Waals surface area contributed by atoms with Gasteiger partial charge in [0.05, 0.1) is 17.0 Å². The molecule has 0 radical (unpaired) electrons. The van der Waals surface area contributed by atoms with Crippen LogP contribution in [0.4, 0.5) is 5.69 Å². The number of rotatable bonds is 4. The summed E-state index contributed by atoms with van der Waals surface area (Å²) in [7, 11) is 1.44. The van der Waals surface area contributed by atoms with Gasteiger partial charge in [0.25, 0.3) is 11.2 Å². The number of aryl methyl sites for hydroxylation is 1. The maximum atomic E-state index is 11.8. The molecule has 0 unspecified atom stereocenters. The van der Waals surface area contributed by atoms with Gasteiger partial charge in [0, 0.05) is 30.3 Å². The van der Waals surface area contributed by atoms with Gasteiger partial charge >= 0.3 is 0 Å². The van der Waals surface area contributed by atoms with Crippen molar-refractivity contribution in [3.63, 3.8) is 0 Å². The number of carbonyl (C=O) groups is 1. The Morgan fingerprint density at radius 2 is 2.14 bits per heavy atom. The van der Waals surface area contributed by atoms with Gasteiger partial charge in [-0.05, 0) is 17.7 Å². The van der Waals surface area contributed by atoms with Crippen molar-refractivity contribution < 1.29 is 9.72 Å². The number of carbonyl (C=O) groups excluding carboxylic acids is 1. The number of hydrogen-bond acceptors (Lipinski definition) is 5. The normalized spacial score (nSPS) is 10.4. The molecule has 0 saturated carbocycles. The predicted molar refractivity (Wildman–Crippen MR) is 76.1 cm³/mol. The molecule has 7 nitrogen and oxygen atoms in total. The molecule has 0 spiro atoms. The summed E-state index contributed by atoms with van der Waals surface area (Å²) in [4.78, 5) is 33.1. The smallest absolute Gasteiger partial charge is 0.270 e. The fraction of sp³-hybridized carbons (Fsp3) is 0.154. The van der Waals surface area contributed by atoms with E-state index in [0.29, 0.717) is 11.3 Å². The minimum Gasteiger partial charge on any atom is -0.281 e. The zero-order valence-electron chi connectivity index (χ0n) is 10.9. The first-order valence-corrected chi connectivity index (χ1v) is 6.26. The molecule has 0 amide bonds. The van der Waals surface area contributed by atoms with Crippen LogP contribution in [0.2, 0.25) is 0 Å². The van der Waals surface area contributed by atoms with Gasteiger partial charge in [-0.15, -0.1) is 0 Å². The zero-order valence-corrected chi connectivity index (χ0v) is 11.7. The molecule has 0 fully saturated rings. The summed E-state index contributed by atoms with van der Waals surface area (Å²) in [6.45, 7) is 0. The minimum absolute atomic E-state index is 0.0851. The average molecular weight is 308 g/mol. The molecule has 2 rings (SSSR count). The Labute approximate surface area is 123 Å². The van der Waals surface area contributed by atoms with E-state index in [-0.39, 0.29) is 17.7 Å². The van der Waals surface area contributed by atoms with Crippen LogP contribution in [0.25, 0.3) is 11.3 Å². The molecular formula is C13H10ClN3O4. The lowest BCUT2D eigenvalue weighted by Crippen LogP contribution is -2.24. The van der Waals surface area contributed by atoms with Crippen molar-refractivity contribution >= 4 is 22.5 Å². The van der Waals surface area contributed by atoms with E-state index in [2.05, 4.69) is 5.10 Å². The summed E-state index contributed by atoms with van der Waals surface area (Å²) in [5.41, 5.74) is 0.502. The Hall–Kier alpha value is -2.54. The summed E-state index contributed by atoms with van der Waals surface area (Å²) >= 11 is 5.30. The first-order chi connectivity index (χ1) is 9.88. The highest BCUT2D eigenvalue weighted by Gasteiger charge is 2.13. The molecule has 8 heteroatoms. The number of hydrogen-bond donors (Lipinski definition) is 0. The molecule has 2 aromatic rings. The van der Waals surface area contributed by atoms with Crippen molar-refractivity contribution in [2.75, 3.05) is 0 Å². The number of nitrogens with zero attached hydrogens (tertiary/aromatic N) is 3. The number of nitro benzene ring substituents is 1. The van der Waals surface area contributed by atoms with Crippen LogP contribution in [-0.2, 0) is 18.3 Å². The van der Waals surface area contributed by atoms with Gasteiger partial charge in [-0.2, -0.15) is 5.10 Å². The van der Waals surface area contributed by atoms with Gasteiger partial charge in [-0.1, -0.05) is 12.1 Å². The molecule has 0 atom stereocenters. The molecule has 1 heterocycles. The largest absolute Gasteiger partial charge is 0.281 e. The van der Waals surface area contributed by atoms with Crippen LogP contribution in [0.5, 0.6) is 0 Å². The van der Waals surface area contributed by atoms with E-state index in [0.717, 1.165) is 4.68 Å². The van der Waals surface area contributed by atoms with Gasteiger partial charge < -0.3 is 0 Å². The van der Waals surface area contributed by atoms with Crippen LogP contribution < -0.4 is 5.56 Å². The molecule has 1 aromatic carbocycles. The van der Waals surface area contributed by atoms with Crippen LogP contribution in [0.3, 0.4) is 0 Å². The summed E-state index contributed by atoms with van der Waals surface area (Å²) in [5, 5.41) is 14.2. The maximum Gasteiger partial charge on any atom is 0.270 e. The molecular weight excluding hydrogens is 298 g/mol. The Morgan fingerprint density at radius 1 is 1.43 bits per heavy atom. The van der Waals surface area contributed by atoms with Gasteiger partial charge in [-0.3, -0.25) is 19.7 Å². The van der Waals surface area contributed by atoms with Crippen LogP contribution >= 0.6 is 11.6 Å². The van der Waals surface area contributed by atoms with E-state index in [1.807, 2.05) is 0 Å². The molecule has 108 valence electrons. The van der Waals surface area contributed by atoms with Crippen LogP contribution in [-0.4, -0.2) is 19.9 Å². The predicted octanol–water partition coefficient (Wildman–Crippen LogP) is 1.66. The Bertz CT molecular complexity index is 785. The monoisotopic (exact) mass is 307 g/mol. The Morgan fingerprint density at radius 3 is 2.76 bits per heavy atom. The Balaban J connectivity index is 2.56. The minimum atomic E-state index is -0.664. The lowest BCUT2D eigenvalue weighted by atomic mass is 10.1. The molecule has 21 heavy (non-hydrogen) atoms. The first-order valence-electron chi connectivity index (χ1n) is 5.89. The van der Waals surface area contributed by atoms with E-state index in [9.17, 15) is 19.7 Å². The second kappa shape index (κ2) is 5.84. The third kappa shape index (κ3) is 3.32. The van der Waals surface area contributed by atoms with Gasteiger partial charge in [0.2, 0.25) is 5.24 Å². The lowest BCUT2D eigenvalue weighted by Gasteiger charge is -2.06. The number of aromatic nitrogens is 2. The van der Waals surface area contributed by atoms with Crippen molar-refractivity contribution in [2.24, 2.45) is 7.05 Å². The summed E-state index contributed by atoms with van der Waals surface area (Å²) in [6.07, 6.45) is -0.224. The van der Waals surface area contributed by atoms with Crippen molar-refractivity contribution in [3.8, 4) is 11.3 Å². The fourth-order valence-corrected chi connectivity index (χ4v) is 2.01. The standard InChI is InChI=1S/C13H10ClN3O4/c1-16-13(19)9(7-12(14)18)6-11(15-16)8-3-2-4-10(5-8)17(20)21/h2-6H,7H2,1H3. The molecule has 1 aromatic heterocycles. The van der Waals surface area contributed by atoms with Gasteiger partial charge in [0.15, 0.2) is 0 Å². The zero-order chi connectivity index (χ0) is 15.6. The van der Waals surface area contributed by atoms with Crippen LogP contribution in [0.1, 0.15) is 5.56 Å². The summed E-state index contributed by atoms with van der Waals surface area (Å²) < 4.78 is 1.07. The number of non-ortho nitro benzene ring substituents is 1. The highest BCUT2D eigenvalue weighted by atomic mass is 35.5. The highest BCUT2D eigenvalue weighted by molar-refractivity contribution is 6.63. The molecule has 0 saturated heterocycles. The summed E-state index contributed by atoms with van der Waals surface area (Å²) in [6, 6.07) is 7.27. The number of benzene rings is 1. The molecule has 0 bridgehead atoms. The van der Waals surface area contributed by atoms with Crippen LogP contribution in [0, 0.1) is 10.1 Å². The van der Waals surface area contributed by atoms with Crippen molar-refractivity contribution in [2.45, 2.75) is 6.42 Å². The second-order valence-corrected chi connectivity index (χ2v) is 4.74. The molecule has 0 aliphatic carbocycles. The Kier molecular flexibility index (Phi) is 4.13. The fourth-order valence-electron chi connectivity index (χ4n) is 1.87. The SMILES string of the molecule is Cn1nc(-c2cccc([N+](=O)[O-])c2)cc(CC(=O)Cl)c1=O. The van der Waals surface area contributed by atoms with Gasteiger partial charge in [0.1, 0.15) is 0 Å². The molecule has 0 aliphatic rings. The van der Waals surface area contributed by atoms with Crippen LogP contribution in [0.15, 0.2) is 35.1 Å². The van der Waals surface area contributed by atoms with E-state index in [1.54, 1.807) is 6.07 Å². The van der Waals surface area contributed by atoms with E-state index in [4.69, 9.17) is 11.6 Å². The average Bonchev–Trinajstić information content (AvgIpc) is 2.43.